The van der Waals surface area contributed by atoms with Gasteiger partial charge in [-0.3, -0.25) is 9.69 Å². The molecule has 3 fully saturated rings. The fourth-order valence-electron chi connectivity index (χ4n) is 3.82. The number of hydrogen-bond donors (Lipinski definition) is 2. The van der Waals surface area contributed by atoms with Gasteiger partial charge in [-0.2, -0.15) is 0 Å². The summed E-state index contributed by atoms with van der Waals surface area (Å²) in [5.74, 6) is -0.346. The van der Waals surface area contributed by atoms with Crippen molar-refractivity contribution in [3.05, 3.63) is 0 Å². The fourth-order valence-corrected chi connectivity index (χ4v) is 3.82. The summed E-state index contributed by atoms with van der Waals surface area (Å²) in [6, 6.07) is 1.46. The van der Waals surface area contributed by atoms with Crippen LogP contribution in [0.4, 0.5) is 0 Å². The molecule has 3 aliphatic rings. The van der Waals surface area contributed by atoms with Crippen molar-refractivity contribution in [2.24, 2.45) is 11.8 Å². The lowest BCUT2D eigenvalue weighted by atomic mass is 9.79. The van der Waals surface area contributed by atoms with Crippen molar-refractivity contribution in [3.8, 4) is 0 Å². The van der Waals surface area contributed by atoms with Crippen LogP contribution in [-0.4, -0.2) is 47.7 Å². The molecule has 3 rings (SSSR count). The molecule has 108 valence electrons. The van der Waals surface area contributed by atoms with Crippen LogP contribution in [0.2, 0.25) is 0 Å². The Kier molecular flexibility index (Phi) is 4.08. The Balaban J connectivity index is 1.44. The standard InChI is InChI=1S/C15H26N2O2/c18-15(19)14-4-2-1-3-11(14)9-16-12-7-8-17(10-12)13-5-6-13/h11-14,16H,1-10H2,(H,18,19). The van der Waals surface area contributed by atoms with Crippen molar-refractivity contribution in [3.63, 3.8) is 0 Å². The van der Waals surface area contributed by atoms with E-state index in [0.717, 1.165) is 31.8 Å². The van der Waals surface area contributed by atoms with E-state index in [0.29, 0.717) is 12.0 Å². The smallest absolute Gasteiger partial charge is 0.306 e. The molecular formula is C15H26N2O2. The number of rotatable bonds is 5. The molecule has 1 heterocycles. The van der Waals surface area contributed by atoms with Crippen LogP contribution in [0.15, 0.2) is 0 Å². The molecule has 0 aromatic carbocycles. The van der Waals surface area contributed by atoms with E-state index in [1.165, 1.54) is 38.8 Å². The van der Waals surface area contributed by atoms with E-state index in [1.807, 2.05) is 0 Å². The SMILES string of the molecule is O=C(O)C1CCCCC1CNC1CCN(C2CC2)C1. The summed E-state index contributed by atoms with van der Waals surface area (Å²) in [6.07, 6.45) is 8.26. The lowest BCUT2D eigenvalue weighted by Gasteiger charge is -2.29. The van der Waals surface area contributed by atoms with Crippen LogP contribution in [0.25, 0.3) is 0 Å². The van der Waals surface area contributed by atoms with Crippen LogP contribution in [0, 0.1) is 11.8 Å². The van der Waals surface area contributed by atoms with Crippen LogP contribution in [0.5, 0.6) is 0 Å². The minimum atomic E-state index is -0.586. The highest BCUT2D eigenvalue weighted by atomic mass is 16.4. The fraction of sp³-hybridized carbons (Fsp3) is 0.933. The summed E-state index contributed by atoms with van der Waals surface area (Å²) in [4.78, 5) is 13.9. The Morgan fingerprint density at radius 3 is 2.68 bits per heavy atom. The second kappa shape index (κ2) is 5.80. The van der Waals surface area contributed by atoms with Gasteiger partial charge in [0.1, 0.15) is 0 Å². The molecule has 0 spiro atoms. The van der Waals surface area contributed by atoms with Gasteiger partial charge in [-0.25, -0.2) is 0 Å². The Morgan fingerprint density at radius 2 is 1.95 bits per heavy atom. The average Bonchev–Trinajstić information content (AvgIpc) is 3.16. The maximum atomic E-state index is 11.3. The highest BCUT2D eigenvalue weighted by Gasteiger charge is 2.35. The van der Waals surface area contributed by atoms with E-state index in [2.05, 4.69) is 10.2 Å². The number of nitrogens with one attached hydrogen (secondary N) is 1. The van der Waals surface area contributed by atoms with Gasteiger partial charge in [0.05, 0.1) is 5.92 Å². The number of aliphatic carboxylic acids is 1. The van der Waals surface area contributed by atoms with Crippen molar-refractivity contribution in [1.82, 2.24) is 10.2 Å². The molecule has 4 heteroatoms. The predicted octanol–water partition coefficient (Wildman–Crippen LogP) is 1.70. The molecule has 1 saturated heterocycles. The minimum absolute atomic E-state index is 0.109. The quantitative estimate of drug-likeness (QED) is 0.795. The molecule has 2 N–H and O–H groups in total. The first kappa shape index (κ1) is 13.4. The third-order valence-electron chi connectivity index (χ3n) is 5.18. The van der Waals surface area contributed by atoms with Gasteiger partial charge in [0.25, 0.3) is 0 Å². The maximum Gasteiger partial charge on any atom is 0.306 e. The second-order valence-corrected chi connectivity index (χ2v) is 6.61. The minimum Gasteiger partial charge on any atom is -0.481 e. The predicted molar refractivity (Wildman–Crippen MR) is 74.1 cm³/mol. The van der Waals surface area contributed by atoms with Gasteiger partial charge in [-0.1, -0.05) is 12.8 Å². The van der Waals surface area contributed by atoms with Crippen LogP contribution in [0.1, 0.15) is 44.9 Å². The van der Waals surface area contributed by atoms with Crippen LogP contribution < -0.4 is 5.32 Å². The van der Waals surface area contributed by atoms with E-state index in [1.54, 1.807) is 0 Å². The van der Waals surface area contributed by atoms with Crippen molar-refractivity contribution >= 4 is 5.97 Å². The van der Waals surface area contributed by atoms with Gasteiger partial charge in [-0.05, 0) is 44.6 Å². The first-order chi connectivity index (χ1) is 9.24. The van der Waals surface area contributed by atoms with Crippen molar-refractivity contribution in [2.45, 2.75) is 57.0 Å². The lowest BCUT2D eigenvalue weighted by Crippen LogP contribution is -2.40. The van der Waals surface area contributed by atoms with E-state index in [4.69, 9.17) is 0 Å². The molecule has 3 unspecified atom stereocenters. The molecule has 0 amide bonds. The highest BCUT2D eigenvalue weighted by Crippen LogP contribution is 2.31. The van der Waals surface area contributed by atoms with Gasteiger partial charge in [0.2, 0.25) is 0 Å². The maximum absolute atomic E-state index is 11.3. The summed E-state index contributed by atoms with van der Waals surface area (Å²) in [5, 5.41) is 12.9. The molecule has 19 heavy (non-hydrogen) atoms. The van der Waals surface area contributed by atoms with Crippen LogP contribution in [0.3, 0.4) is 0 Å². The summed E-state index contributed by atoms with van der Waals surface area (Å²) < 4.78 is 0. The van der Waals surface area contributed by atoms with Gasteiger partial charge in [-0.15, -0.1) is 0 Å². The lowest BCUT2D eigenvalue weighted by molar-refractivity contribution is -0.144. The van der Waals surface area contributed by atoms with Crippen molar-refractivity contribution in [1.29, 1.82) is 0 Å². The number of likely N-dealkylation sites (tertiary alicyclic amines) is 1. The number of carbonyl (C=O) groups is 1. The number of nitrogens with zero attached hydrogens (tertiary/aromatic N) is 1. The highest BCUT2D eigenvalue weighted by molar-refractivity contribution is 5.70. The second-order valence-electron chi connectivity index (χ2n) is 6.61. The Labute approximate surface area is 115 Å². The Bertz CT molecular complexity index is 330. The molecule has 4 nitrogen and oxygen atoms in total. The molecule has 0 bridgehead atoms. The third-order valence-corrected chi connectivity index (χ3v) is 5.18. The first-order valence-electron chi connectivity index (χ1n) is 7.94. The number of hydrogen-bond acceptors (Lipinski definition) is 3. The molecule has 3 atom stereocenters. The number of carboxylic acids is 1. The molecule has 0 aromatic heterocycles. The van der Waals surface area contributed by atoms with E-state index >= 15 is 0 Å². The van der Waals surface area contributed by atoms with E-state index < -0.39 is 5.97 Å². The zero-order valence-electron chi connectivity index (χ0n) is 11.7. The van der Waals surface area contributed by atoms with Crippen molar-refractivity contribution < 1.29 is 9.90 Å². The Hall–Kier alpha value is -0.610. The van der Waals surface area contributed by atoms with Gasteiger partial charge in [0.15, 0.2) is 0 Å². The Morgan fingerprint density at radius 1 is 1.16 bits per heavy atom. The summed E-state index contributed by atoms with van der Waals surface area (Å²) in [5.41, 5.74) is 0. The van der Waals surface area contributed by atoms with Gasteiger partial charge < -0.3 is 10.4 Å². The number of carboxylic acid groups (broad SMARTS) is 1. The topological polar surface area (TPSA) is 52.6 Å². The normalized spacial score (nSPS) is 36.5. The molecular weight excluding hydrogens is 240 g/mol. The monoisotopic (exact) mass is 266 g/mol. The molecule has 0 aromatic rings. The van der Waals surface area contributed by atoms with Crippen LogP contribution >= 0.6 is 0 Å². The zero-order valence-corrected chi connectivity index (χ0v) is 11.7. The first-order valence-corrected chi connectivity index (χ1v) is 7.94. The molecule has 2 aliphatic carbocycles. The molecule has 2 saturated carbocycles. The summed E-state index contributed by atoms with van der Waals surface area (Å²) in [6.45, 7) is 3.31. The van der Waals surface area contributed by atoms with Crippen molar-refractivity contribution in [2.75, 3.05) is 19.6 Å². The van der Waals surface area contributed by atoms with Gasteiger partial charge >= 0.3 is 5.97 Å². The average molecular weight is 266 g/mol. The third kappa shape index (κ3) is 3.29. The van der Waals surface area contributed by atoms with E-state index in [9.17, 15) is 9.90 Å². The van der Waals surface area contributed by atoms with Gasteiger partial charge in [0, 0.05) is 25.2 Å². The zero-order chi connectivity index (χ0) is 13.2. The largest absolute Gasteiger partial charge is 0.481 e. The molecule has 0 radical (unpaired) electrons. The molecule has 1 aliphatic heterocycles. The van der Waals surface area contributed by atoms with E-state index in [-0.39, 0.29) is 5.92 Å². The summed E-state index contributed by atoms with van der Waals surface area (Å²) >= 11 is 0. The summed E-state index contributed by atoms with van der Waals surface area (Å²) in [7, 11) is 0. The van der Waals surface area contributed by atoms with Crippen LogP contribution in [-0.2, 0) is 4.79 Å².